The van der Waals surface area contributed by atoms with Crippen LogP contribution in [0, 0.1) is 12.0 Å². The van der Waals surface area contributed by atoms with Gasteiger partial charge in [-0.05, 0) is 476 Å². The van der Waals surface area contributed by atoms with Crippen molar-refractivity contribution in [2.75, 3.05) is 6.61 Å². The van der Waals surface area contributed by atoms with Gasteiger partial charge in [0.1, 0.15) is 6.11 Å². The molecule has 0 amide bonds. The third-order valence-corrected chi connectivity index (χ3v) is 150. The highest BCUT2D eigenvalue weighted by Crippen LogP contribution is 2.41. The van der Waals surface area contributed by atoms with Crippen molar-refractivity contribution in [3.8, 4) is 12.0 Å². The molecule has 0 unspecified atom stereocenters. The van der Waals surface area contributed by atoms with Crippen molar-refractivity contribution in [3.63, 3.8) is 0 Å². The van der Waals surface area contributed by atoms with Crippen LogP contribution in [0.2, 0.25) is 470 Å². The van der Waals surface area contributed by atoms with E-state index >= 15 is 0 Å². The summed E-state index contributed by atoms with van der Waals surface area (Å²) in [5.74, 6) is 2.78. The number of rotatable bonds is 71. The van der Waals surface area contributed by atoms with E-state index in [-0.39, 0.29) is 0 Å². The molecule has 144 heavy (non-hydrogen) atoms. The molecule has 0 bridgehead atoms. The molecule has 0 spiro atoms. The predicted octanol–water partition coefficient (Wildman–Crippen LogP) is 27.4. The van der Waals surface area contributed by atoms with Crippen LogP contribution < -0.4 is 0 Å². The van der Waals surface area contributed by atoms with Crippen LogP contribution in [0.3, 0.4) is 0 Å². The maximum Gasteiger partial charge on any atom is 0.314 e. The first-order valence-corrected chi connectivity index (χ1v) is 149. The Morgan fingerprint density at radius 2 is 0.208 bits per heavy atom. The number of hydrogen-bond donors (Lipinski definition) is 0. The minimum atomic E-state index is -2.95. The minimum absolute atomic E-state index is 0.585. The lowest BCUT2D eigenvalue weighted by molar-refractivity contribution is 0.243. The van der Waals surface area contributed by atoms with Gasteiger partial charge in [0, 0.05) is 6.92 Å². The molecule has 0 radical (unpaired) electrons. The van der Waals surface area contributed by atoms with Crippen molar-refractivity contribution >= 4 is 290 Å². The van der Waals surface area contributed by atoms with Crippen LogP contribution in [-0.4, -0.2) is 297 Å². The standard InChI is InChI=1S/C77H220O33Si34/c1-71-73-78-74-72-75-112(5,6)80-116(13,14)84-120(21,22)88-124(29,30)92-128(37,38)96-132(45,46)100-135(51,52)102-137(55,56)104-139(59,60)106-141(63,64)108-143(67,68)110-144(69,70)109-142(65,66)107-140(61,62)105-138(57,58)103-136(53,54)101-134(49,50)98-130(41,42)94-126(33,34)90-122(25,26)86-118(17,18)82-114(9,10)77-76-113(7,8)81-117(15,16)85-121(23,24)89-125(31,32)93-129(39,40)97-133(47,48)99-131(43,44)95-127(35,36)91-123(27,28)87-119(19,20)83-115(11,12)79-111(2,3)4/h72,74-77H2,1-70H3. The van der Waals surface area contributed by atoms with Gasteiger partial charge in [-0.3, -0.25) is 0 Å². The molecular weight excluding hydrogens is 2410 g/mol. The van der Waals surface area contributed by atoms with Gasteiger partial charge in [-0.25, -0.2) is 0 Å². The molecule has 0 aliphatic carbocycles. The van der Waals surface area contributed by atoms with E-state index in [0.29, 0.717) is 6.61 Å². The summed E-state index contributed by atoms with van der Waals surface area (Å²) in [5.41, 5.74) is 0. The van der Waals surface area contributed by atoms with Crippen LogP contribution in [0.1, 0.15) is 13.3 Å². The molecule has 0 aliphatic heterocycles. The Morgan fingerprint density at radius 3 is 0.306 bits per heavy atom. The normalized spacial score (nSPS) is 16.0. The second-order valence-electron chi connectivity index (χ2n) is 54.5. The Hall–Kier alpha value is 5.45. The van der Waals surface area contributed by atoms with E-state index in [9.17, 15) is 0 Å². The van der Waals surface area contributed by atoms with Crippen molar-refractivity contribution in [1.29, 1.82) is 0 Å². The Balaban J connectivity index is 5.94. The molecule has 0 rings (SSSR count). The highest BCUT2D eigenvalue weighted by molar-refractivity contribution is 7.00. The van der Waals surface area contributed by atoms with Gasteiger partial charge in [0.2, 0.25) is 0 Å². The van der Waals surface area contributed by atoms with Crippen molar-refractivity contribution < 1.29 is 136 Å². The molecule has 0 aromatic rings. The SMILES string of the molecule is CC#COCCC[Si](C)(C)O[Si](C)(C)O[Si](C)(C)O[Si](C)(C)O[Si](C)(C)O[Si](C)(C)O[Si](C)(C)O[Si](C)(C)O[Si](C)(C)O[Si](C)(C)O[Si](C)(C)O[Si](C)(C)O[Si](C)(C)O[Si](C)(C)O[Si](C)(C)O[Si](C)(C)O[Si](C)(C)O[Si](C)(C)O[Si](C)(C)O[Si](C)(C)O[Si](C)(C)O[Si](C)(C)CC[Si](C)(C)O[Si](C)(C)O[Si](C)(C)O[Si](C)(C)O[Si](C)(C)O[Si](C)(C)O[Si](C)(C)O[Si](C)(C)O[Si](C)(C)O[Si](C)(C)O[Si](C)(C)O[Si](C)(C)C. The second-order valence-corrected chi connectivity index (χ2v) is 181. The first-order chi connectivity index (χ1) is 61.9. The van der Waals surface area contributed by atoms with Crippen molar-refractivity contribution in [2.45, 2.75) is 483 Å². The van der Waals surface area contributed by atoms with E-state index in [1.54, 1.807) is 6.92 Å². The van der Waals surface area contributed by atoms with Gasteiger partial charge in [-0.15, -0.1) is 0 Å². The Labute approximate surface area is 919 Å². The van der Waals surface area contributed by atoms with E-state index in [1.807, 2.05) is 0 Å². The third-order valence-electron chi connectivity index (χ3n) is 18.4. The van der Waals surface area contributed by atoms with Crippen LogP contribution in [0.5, 0.6) is 0 Å². The third kappa shape index (κ3) is 70.1. The van der Waals surface area contributed by atoms with E-state index in [1.165, 1.54) is 0 Å². The molecule has 0 aliphatic rings. The van der Waals surface area contributed by atoms with Crippen molar-refractivity contribution in [3.05, 3.63) is 0 Å². The molecule has 0 saturated heterocycles. The first-order valence-electron chi connectivity index (χ1n) is 51.4. The zero-order valence-corrected chi connectivity index (χ0v) is 139. The highest BCUT2D eigenvalue weighted by atomic mass is 28.6. The molecule has 862 valence electrons. The second kappa shape index (κ2) is 51.9. The average molecular weight is 2630 g/mol. The van der Waals surface area contributed by atoms with Crippen LogP contribution in [0.4, 0.5) is 0 Å². The first kappa shape index (κ1) is 149. The number of ether oxygens (including phenoxy) is 1. The molecule has 0 heterocycles. The van der Waals surface area contributed by atoms with E-state index in [4.69, 9.17) is 136 Å². The van der Waals surface area contributed by atoms with Crippen molar-refractivity contribution in [1.82, 2.24) is 0 Å². The fraction of sp³-hybridized carbons (Fsp3) is 0.974. The van der Waals surface area contributed by atoms with Gasteiger partial charge in [-0.1, -0.05) is 5.92 Å². The van der Waals surface area contributed by atoms with Gasteiger partial charge in [0.25, 0.3) is 0 Å². The molecule has 33 nitrogen and oxygen atoms in total. The van der Waals surface area contributed by atoms with Gasteiger partial charge >= 0.3 is 257 Å². The maximum absolute atomic E-state index is 7.21. The topological polar surface area (TPSA) is 305 Å². The minimum Gasteiger partial charge on any atom is -0.447 e. The van der Waals surface area contributed by atoms with Crippen LogP contribution >= 0.6 is 0 Å². The summed E-state index contributed by atoms with van der Waals surface area (Å²) in [6.07, 6.45) is 3.57. The largest absolute Gasteiger partial charge is 0.447 e. The highest BCUT2D eigenvalue weighted by Gasteiger charge is 2.59. The zero-order valence-electron chi connectivity index (χ0n) is 105. The fourth-order valence-corrected chi connectivity index (χ4v) is 199. The van der Waals surface area contributed by atoms with Crippen LogP contribution in [-0.2, 0) is 136 Å². The summed E-state index contributed by atoms with van der Waals surface area (Å²) in [4.78, 5) is 0. The van der Waals surface area contributed by atoms with Gasteiger partial charge in [-0.2, -0.15) is 0 Å². The number of hydrogen-bond acceptors (Lipinski definition) is 33. The summed E-state index contributed by atoms with van der Waals surface area (Å²) >= 11 is 0. The maximum atomic E-state index is 7.21. The lowest BCUT2D eigenvalue weighted by Crippen LogP contribution is -2.63. The summed E-state index contributed by atoms with van der Waals surface area (Å²) in [7, 11) is -93.7. The summed E-state index contributed by atoms with van der Waals surface area (Å²) in [6, 6.07) is 2.75. The quantitative estimate of drug-likeness (QED) is 0.0310. The lowest BCUT2D eigenvalue weighted by Gasteiger charge is -2.45. The summed E-state index contributed by atoms with van der Waals surface area (Å²) in [5, 5.41) is 0. The van der Waals surface area contributed by atoms with E-state index in [0.717, 1.165) is 24.6 Å². The lowest BCUT2D eigenvalue weighted by atomic mass is 10.5. The zero-order chi connectivity index (χ0) is 115. The Morgan fingerprint density at radius 1 is 0.118 bits per heavy atom. The average Bonchev–Trinajstić information content (AvgIpc) is 0.783. The van der Waals surface area contributed by atoms with E-state index < -0.39 is 290 Å². The fourth-order valence-electron chi connectivity index (χ4n) is 21.4. The molecule has 0 fully saturated rings. The van der Waals surface area contributed by atoms with E-state index in [2.05, 4.69) is 464 Å². The molecule has 0 aromatic heterocycles. The van der Waals surface area contributed by atoms with Gasteiger partial charge < -0.3 is 136 Å². The smallest absolute Gasteiger partial charge is 0.314 e. The van der Waals surface area contributed by atoms with Gasteiger partial charge in [0.05, 0.1) is 6.61 Å². The molecule has 67 heteroatoms. The molecule has 0 N–H and O–H groups in total. The van der Waals surface area contributed by atoms with Gasteiger partial charge in [0.15, 0.2) is 33.3 Å². The monoisotopic (exact) mass is 2620 g/mol. The summed E-state index contributed by atoms with van der Waals surface area (Å²) in [6.45, 7) is 147. The van der Waals surface area contributed by atoms with Crippen molar-refractivity contribution in [2.24, 2.45) is 0 Å². The van der Waals surface area contributed by atoms with Crippen LogP contribution in [0.15, 0.2) is 0 Å². The molecule has 0 atom stereocenters. The molecule has 0 saturated carbocycles. The van der Waals surface area contributed by atoms with Crippen LogP contribution in [0.25, 0.3) is 0 Å². The Bertz CT molecular complexity index is 4060. The predicted molar refractivity (Wildman–Crippen MR) is 673 cm³/mol. The molecule has 0 aromatic carbocycles. The Kier molecular flexibility index (Phi) is 53.8. The summed E-state index contributed by atoms with van der Waals surface area (Å²) < 4.78 is 229. The molecular formula is C77H220O33Si34.